The minimum Gasteiger partial charge on any atom is -0.473 e. The van der Waals surface area contributed by atoms with Crippen molar-refractivity contribution in [3.8, 4) is 0 Å². The second-order valence-corrected chi connectivity index (χ2v) is 5.43. The number of hydrogen-bond acceptors (Lipinski definition) is 3. The topological polar surface area (TPSA) is 106 Å². The van der Waals surface area contributed by atoms with Crippen LogP contribution in [0, 0.1) is 0 Å². The van der Waals surface area contributed by atoms with Gasteiger partial charge in [-0.25, -0.2) is 9.59 Å². The van der Waals surface area contributed by atoms with Crippen LogP contribution in [0.15, 0.2) is 60.8 Å². The first-order valence-electron chi connectivity index (χ1n) is 7.80. The lowest BCUT2D eigenvalue weighted by Crippen LogP contribution is -2.09. The van der Waals surface area contributed by atoms with Crippen LogP contribution in [0.4, 0.5) is 0 Å². The summed E-state index contributed by atoms with van der Waals surface area (Å²) < 4.78 is 2.32. The number of benzene rings is 2. The molecule has 4 N–H and O–H groups in total. The Balaban J connectivity index is 0.000000326. The third kappa shape index (κ3) is 4.92. The van der Waals surface area contributed by atoms with Gasteiger partial charge in [0, 0.05) is 23.6 Å². The maximum absolute atomic E-state index is 9.10. The standard InChI is InChI=1S/C17H18N2.C2H2O4/c18-11-10-15-13-19(12-14-6-2-1-3-7-14)17-9-5-4-8-16(15)17;3-1(4)2(5)6/h1-9,13H,10-12,18H2;(H,3,4)(H,5,6). The Morgan fingerprint density at radius 3 is 2.12 bits per heavy atom. The molecule has 0 radical (unpaired) electrons. The van der Waals surface area contributed by atoms with E-state index in [1.807, 2.05) is 0 Å². The molecule has 0 amide bonds. The minimum absolute atomic E-state index is 0.694. The van der Waals surface area contributed by atoms with Crippen molar-refractivity contribution in [2.24, 2.45) is 5.73 Å². The van der Waals surface area contributed by atoms with E-state index in [1.54, 1.807) is 0 Å². The molecular formula is C19H20N2O4. The van der Waals surface area contributed by atoms with Crippen LogP contribution in [0.5, 0.6) is 0 Å². The van der Waals surface area contributed by atoms with Crippen molar-refractivity contribution < 1.29 is 19.8 Å². The summed E-state index contributed by atoms with van der Waals surface area (Å²) in [6, 6.07) is 19.1. The number of aromatic nitrogens is 1. The van der Waals surface area contributed by atoms with E-state index in [4.69, 9.17) is 25.5 Å². The molecule has 1 aromatic heterocycles. The van der Waals surface area contributed by atoms with Crippen LogP contribution in [0.3, 0.4) is 0 Å². The number of nitrogens with zero attached hydrogens (tertiary/aromatic N) is 1. The van der Waals surface area contributed by atoms with Gasteiger partial charge < -0.3 is 20.5 Å². The molecule has 0 saturated carbocycles. The van der Waals surface area contributed by atoms with Gasteiger partial charge >= 0.3 is 11.9 Å². The molecule has 0 aliphatic carbocycles. The van der Waals surface area contributed by atoms with Crippen molar-refractivity contribution in [1.29, 1.82) is 0 Å². The van der Waals surface area contributed by atoms with Crippen LogP contribution in [-0.2, 0) is 22.6 Å². The smallest absolute Gasteiger partial charge is 0.414 e. The van der Waals surface area contributed by atoms with Gasteiger partial charge in [0.1, 0.15) is 0 Å². The van der Waals surface area contributed by atoms with E-state index < -0.39 is 11.9 Å². The number of hydrogen-bond donors (Lipinski definition) is 3. The molecule has 0 bridgehead atoms. The summed E-state index contributed by atoms with van der Waals surface area (Å²) in [7, 11) is 0. The zero-order valence-corrected chi connectivity index (χ0v) is 13.6. The predicted octanol–water partition coefficient (Wildman–Crippen LogP) is 2.35. The Kier molecular flexibility index (Phi) is 6.31. The third-order valence-electron chi connectivity index (χ3n) is 3.66. The fraction of sp³-hybridized carbons (Fsp3) is 0.158. The average molecular weight is 340 g/mol. The van der Waals surface area contributed by atoms with Gasteiger partial charge in [-0.05, 0) is 30.2 Å². The van der Waals surface area contributed by atoms with Gasteiger partial charge in [-0.3, -0.25) is 0 Å². The van der Waals surface area contributed by atoms with Crippen LogP contribution in [0.1, 0.15) is 11.1 Å². The molecule has 0 fully saturated rings. The SMILES string of the molecule is NCCc1cn(Cc2ccccc2)c2ccccc12.O=C(O)C(=O)O. The molecule has 130 valence electrons. The first-order valence-corrected chi connectivity index (χ1v) is 7.80. The van der Waals surface area contributed by atoms with Gasteiger partial charge in [0.25, 0.3) is 0 Å². The van der Waals surface area contributed by atoms with Gasteiger partial charge in [0.2, 0.25) is 0 Å². The van der Waals surface area contributed by atoms with Gasteiger partial charge in [-0.15, -0.1) is 0 Å². The Bertz CT molecular complexity index is 844. The number of carbonyl (C=O) groups is 2. The monoisotopic (exact) mass is 340 g/mol. The molecule has 0 aliphatic rings. The largest absolute Gasteiger partial charge is 0.473 e. The molecule has 0 spiro atoms. The van der Waals surface area contributed by atoms with Gasteiger partial charge in [-0.2, -0.15) is 0 Å². The highest BCUT2D eigenvalue weighted by molar-refractivity contribution is 6.27. The highest BCUT2D eigenvalue weighted by Crippen LogP contribution is 2.22. The quantitative estimate of drug-likeness (QED) is 0.632. The lowest BCUT2D eigenvalue weighted by Gasteiger charge is -2.05. The van der Waals surface area contributed by atoms with Crippen molar-refractivity contribution in [2.45, 2.75) is 13.0 Å². The van der Waals surface area contributed by atoms with Crippen LogP contribution in [0.2, 0.25) is 0 Å². The van der Waals surface area contributed by atoms with Crippen molar-refractivity contribution in [1.82, 2.24) is 4.57 Å². The number of carboxylic acids is 2. The number of carboxylic acid groups (broad SMARTS) is 2. The highest BCUT2D eigenvalue weighted by atomic mass is 16.4. The van der Waals surface area contributed by atoms with E-state index in [0.717, 1.165) is 13.0 Å². The summed E-state index contributed by atoms with van der Waals surface area (Å²) >= 11 is 0. The molecule has 0 aliphatic heterocycles. The summed E-state index contributed by atoms with van der Waals surface area (Å²) in [5.41, 5.74) is 9.65. The summed E-state index contributed by atoms with van der Waals surface area (Å²) in [5, 5.41) is 16.1. The molecule has 0 unspecified atom stereocenters. The highest BCUT2D eigenvalue weighted by Gasteiger charge is 2.07. The summed E-state index contributed by atoms with van der Waals surface area (Å²) in [5.74, 6) is -3.65. The van der Waals surface area contributed by atoms with E-state index in [1.165, 1.54) is 22.0 Å². The van der Waals surface area contributed by atoms with Crippen molar-refractivity contribution in [2.75, 3.05) is 6.54 Å². The van der Waals surface area contributed by atoms with Crippen LogP contribution in [-0.4, -0.2) is 33.3 Å². The molecule has 0 atom stereocenters. The molecular weight excluding hydrogens is 320 g/mol. The molecule has 3 rings (SSSR count). The molecule has 6 heteroatoms. The maximum atomic E-state index is 9.10. The van der Waals surface area contributed by atoms with Gasteiger partial charge in [-0.1, -0.05) is 48.5 Å². The minimum atomic E-state index is -1.82. The first kappa shape index (κ1) is 18.2. The summed E-state index contributed by atoms with van der Waals surface area (Å²) in [6.45, 7) is 1.60. The van der Waals surface area contributed by atoms with Crippen molar-refractivity contribution in [3.05, 3.63) is 71.9 Å². The van der Waals surface area contributed by atoms with Gasteiger partial charge in [0.05, 0.1) is 0 Å². The average Bonchev–Trinajstić information content (AvgIpc) is 2.95. The number of rotatable bonds is 4. The Labute approximate surface area is 145 Å². The van der Waals surface area contributed by atoms with E-state index in [0.29, 0.717) is 6.54 Å². The molecule has 6 nitrogen and oxygen atoms in total. The fourth-order valence-electron chi connectivity index (χ4n) is 2.59. The molecule has 2 aromatic carbocycles. The number of fused-ring (bicyclic) bond motifs is 1. The van der Waals surface area contributed by atoms with E-state index in [-0.39, 0.29) is 0 Å². The van der Waals surface area contributed by atoms with E-state index >= 15 is 0 Å². The second kappa shape index (κ2) is 8.65. The normalized spacial score (nSPS) is 10.1. The van der Waals surface area contributed by atoms with Crippen LogP contribution < -0.4 is 5.73 Å². The predicted molar refractivity (Wildman–Crippen MR) is 95.5 cm³/mol. The van der Waals surface area contributed by atoms with E-state index in [2.05, 4.69) is 65.4 Å². The summed E-state index contributed by atoms with van der Waals surface area (Å²) in [4.78, 5) is 18.2. The lowest BCUT2D eigenvalue weighted by molar-refractivity contribution is -0.159. The van der Waals surface area contributed by atoms with Crippen LogP contribution in [0.25, 0.3) is 10.9 Å². The zero-order valence-electron chi connectivity index (χ0n) is 13.6. The first-order chi connectivity index (χ1) is 12.0. The number of aliphatic carboxylic acids is 2. The Morgan fingerprint density at radius 2 is 1.52 bits per heavy atom. The molecule has 1 heterocycles. The molecule has 0 saturated heterocycles. The summed E-state index contributed by atoms with van der Waals surface area (Å²) in [6.07, 6.45) is 3.17. The lowest BCUT2D eigenvalue weighted by atomic mass is 10.1. The number of nitrogens with two attached hydrogens (primary N) is 1. The fourth-order valence-corrected chi connectivity index (χ4v) is 2.59. The maximum Gasteiger partial charge on any atom is 0.414 e. The van der Waals surface area contributed by atoms with Crippen molar-refractivity contribution in [3.63, 3.8) is 0 Å². The van der Waals surface area contributed by atoms with Crippen molar-refractivity contribution >= 4 is 22.8 Å². The number of para-hydroxylation sites is 1. The van der Waals surface area contributed by atoms with Crippen LogP contribution >= 0.6 is 0 Å². The molecule has 25 heavy (non-hydrogen) atoms. The zero-order chi connectivity index (χ0) is 18.2. The Morgan fingerprint density at radius 1 is 0.920 bits per heavy atom. The molecule has 3 aromatic rings. The Hall–Kier alpha value is -3.12. The second-order valence-electron chi connectivity index (χ2n) is 5.43. The van der Waals surface area contributed by atoms with E-state index in [9.17, 15) is 0 Å². The van der Waals surface area contributed by atoms with Gasteiger partial charge in [0.15, 0.2) is 0 Å². The third-order valence-corrected chi connectivity index (χ3v) is 3.66.